The summed E-state index contributed by atoms with van der Waals surface area (Å²) in [6.45, 7) is 4.55. The molecule has 1 heterocycles. The van der Waals surface area contributed by atoms with Crippen LogP contribution in [0.15, 0.2) is 21.5 Å². The number of halogens is 1. The minimum Gasteiger partial charge on any atom is -0.331 e. The molecule has 1 fully saturated rings. The van der Waals surface area contributed by atoms with Crippen LogP contribution in [-0.2, 0) is 16.6 Å². The molecule has 0 saturated heterocycles. The fourth-order valence-electron chi connectivity index (χ4n) is 3.04. The number of nitrogens with zero attached hydrogens (tertiary/aromatic N) is 1. The summed E-state index contributed by atoms with van der Waals surface area (Å²) in [5.41, 5.74) is 1.11. The lowest BCUT2D eigenvalue weighted by Crippen LogP contribution is -2.35. The number of nitrogens with one attached hydrogen (secondary N) is 1. The molecule has 0 bridgehead atoms. The van der Waals surface area contributed by atoms with E-state index in [-0.39, 0.29) is 16.8 Å². The van der Waals surface area contributed by atoms with Crippen molar-refractivity contribution in [3.63, 3.8) is 0 Å². The summed E-state index contributed by atoms with van der Waals surface area (Å²) in [7, 11) is -3.67. The summed E-state index contributed by atoms with van der Waals surface area (Å²) in [6.07, 6.45) is 2.29. The normalized spacial score (nSPS) is 19.4. The first-order valence-corrected chi connectivity index (χ1v) is 9.75. The van der Waals surface area contributed by atoms with Gasteiger partial charge in [-0.1, -0.05) is 22.9 Å². The number of sulfonamides is 1. The standard InChI is InChI=1S/C15H19BrN2O3S/c1-3-17-22(20,21)13-7-12(16)6-11-8-18(15(19)14(11)13)9(2)10-4-5-10/h6-7,9-10,17H,3-5,8H2,1-2H3/t9-/m0/s1. The van der Waals surface area contributed by atoms with Gasteiger partial charge >= 0.3 is 0 Å². The summed E-state index contributed by atoms with van der Waals surface area (Å²) >= 11 is 3.36. The lowest BCUT2D eigenvalue weighted by atomic mass is 10.1. The van der Waals surface area contributed by atoms with E-state index >= 15 is 0 Å². The zero-order valence-corrected chi connectivity index (χ0v) is 15.0. The molecule has 1 amide bonds. The van der Waals surface area contributed by atoms with E-state index < -0.39 is 10.0 Å². The number of benzene rings is 1. The molecule has 1 saturated carbocycles. The lowest BCUT2D eigenvalue weighted by molar-refractivity contribution is 0.0694. The number of carbonyl (C=O) groups is 1. The minimum atomic E-state index is -3.67. The van der Waals surface area contributed by atoms with E-state index in [4.69, 9.17) is 0 Å². The number of hydrogen-bond acceptors (Lipinski definition) is 3. The van der Waals surface area contributed by atoms with Gasteiger partial charge in [0.15, 0.2) is 0 Å². The van der Waals surface area contributed by atoms with E-state index in [0.29, 0.717) is 29.0 Å². The number of carbonyl (C=O) groups excluding carboxylic acids is 1. The third-order valence-electron chi connectivity index (χ3n) is 4.38. The maximum absolute atomic E-state index is 12.8. The van der Waals surface area contributed by atoms with Crippen LogP contribution >= 0.6 is 15.9 Å². The van der Waals surface area contributed by atoms with Crippen LogP contribution in [0, 0.1) is 5.92 Å². The summed E-state index contributed by atoms with van der Waals surface area (Å²) in [5.74, 6) is 0.383. The highest BCUT2D eigenvalue weighted by atomic mass is 79.9. The molecule has 22 heavy (non-hydrogen) atoms. The van der Waals surface area contributed by atoms with Crippen molar-refractivity contribution in [3.05, 3.63) is 27.7 Å². The lowest BCUT2D eigenvalue weighted by Gasteiger charge is -2.24. The average molecular weight is 387 g/mol. The zero-order chi connectivity index (χ0) is 16.1. The van der Waals surface area contributed by atoms with Crippen LogP contribution in [0.1, 0.15) is 42.6 Å². The van der Waals surface area contributed by atoms with Crippen LogP contribution in [0.2, 0.25) is 0 Å². The Morgan fingerprint density at radius 3 is 2.68 bits per heavy atom. The Bertz CT molecular complexity index is 729. The molecule has 1 aromatic rings. The van der Waals surface area contributed by atoms with Gasteiger partial charge in [-0.2, -0.15) is 0 Å². The number of fused-ring (bicyclic) bond motifs is 1. The van der Waals surface area contributed by atoms with Crippen LogP contribution < -0.4 is 4.72 Å². The van der Waals surface area contributed by atoms with Crippen molar-refractivity contribution >= 4 is 31.9 Å². The van der Waals surface area contributed by atoms with Gasteiger partial charge in [-0.05, 0) is 43.4 Å². The van der Waals surface area contributed by atoms with E-state index in [9.17, 15) is 13.2 Å². The van der Waals surface area contributed by atoms with E-state index in [2.05, 4.69) is 27.6 Å². The Morgan fingerprint density at radius 2 is 2.09 bits per heavy atom. The highest BCUT2D eigenvalue weighted by Gasteiger charge is 2.41. The van der Waals surface area contributed by atoms with Crippen molar-refractivity contribution in [1.29, 1.82) is 0 Å². The first kappa shape index (κ1) is 16.0. The Balaban J connectivity index is 2.05. The molecule has 3 rings (SSSR count). The molecular weight excluding hydrogens is 368 g/mol. The Kier molecular flexibility index (Phi) is 4.07. The molecule has 0 radical (unpaired) electrons. The molecule has 7 heteroatoms. The van der Waals surface area contributed by atoms with Gasteiger partial charge in [0, 0.05) is 23.6 Å². The molecule has 1 aliphatic carbocycles. The van der Waals surface area contributed by atoms with Gasteiger partial charge in [0.2, 0.25) is 10.0 Å². The highest BCUT2D eigenvalue weighted by molar-refractivity contribution is 9.10. The predicted octanol–water partition coefficient (Wildman–Crippen LogP) is 2.50. The highest BCUT2D eigenvalue weighted by Crippen LogP contribution is 2.40. The molecular formula is C15H19BrN2O3S. The summed E-state index contributed by atoms with van der Waals surface area (Å²) in [6, 6.07) is 3.52. The number of amides is 1. The summed E-state index contributed by atoms with van der Waals surface area (Å²) < 4.78 is 28.0. The minimum absolute atomic E-state index is 0.0780. The van der Waals surface area contributed by atoms with Crippen LogP contribution in [0.3, 0.4) is 0 Å². The van der Waals surface area contributed by atoms with E-state index in [0.717, 1.165) is 18.4 Å². The first-order valence-electron chi connectivity index (χ1n) is 7.48. The second-order valence-corrected chi connectivity index (χ2v) is 8.60. The second kappa shape index (κ2) is 5.62. The topological polar surface area (TPSA) is 66.5 Å². The SMILES string of the molecule is CCNS(=O)(=O)c1cc(Br)cc2c1C(=O)N([C@@H](C)C1CC1)C2. The van der Waals surface area contributed by atoms with Crippen molar-refractivity contribution in [2.24, 2.45) is 5.92 Å². The smallest absolute Gasteiger partial charge is 0.256 e. The third-order valence-corrected chi connectivity index (χ3v) is 6.41. The van der Waals surface area contributed by atoms with Gasteiger partial charge in [-0.15, -0.1) is 0 Å². The van der Waals surface area contributed by atoms with Crippen molar-refractivity contribution in [1.82, 2.24) is 9.62 Å². The van der Waals surface area contributed by atoms with Crippen molar-refractivity contribution in [2.45, 2.75) is 44.2 Å². The Hall–Kier alpha value is -0.920. The van der Waals surface area contributed by atoms with Crippen LogP contribution in [-0.4, -0.2) is 31.8 Å². The van der Waals surface area contributed by atoms with Crippen LogP contribution in [0.25, 0.3) is 0 Å². The predicted molar refractivity (Wildman–Crippen MR) is 87.1 cm³/mol. The van der Waals surface area contributed by atoms with Crippen molar-refractivity contribution in [3.8, 4) is 0 Å². The average Bonchev–Trinajstić information content (AvgIpc) is 3.23. The van der Waals surface area contributed by atoms with Gasteiger partial charge < -0.3 is 4.90 Å². The van der Waals surface area contributed by atoms with Crippen molar-refractivity contribution < 1.29 is 13.2 Å². The molecule has 0 spiro atoms. The van der Waals surface area contributed by atoms with Gasteiger partial charge in [-0.25, -0.2) is 13.1 Å². The largest absolute Gasteiger partial charge is 0.331 e. The van der Waals surface area contributed by atoms with Crippen molar-refractivity contribution in [2.75, 3.05) is 6.54 Å². The van der Waals surface area contributed by atoms with E-state index in [1.807, 2.05) is 6.07 Å². The molecule has 1 aromatic carbocycles. The monoisotopic (exact) mass is 386 g/mol. The molecule has 1 atom stereocenters. The summed E-state index contributed by atoms with van der Waals surface area (Å²) in [4.78, 5) is 14.7. The van der Waals surface area contributed by atoms with Gasteiger partial charge in [0.05, 0.1) is 10.5 Å². The van der Waals surface area contributed by atoms with E-state index in [1.165, 1.54) is 6.07 Å². The molecule has 1 N–H and O–H groups in total. The first-order chi connectivity index (χ1) is 10.3. The van der Waals surface area contributed by atoms with Gasteiger partial charge in [0.25, 0.3) is 5.91 Å². The molecule has 5 nitrogen and oxygen atoms in total. The fourth-order valence-corrected chi connectivity index (χ4v) is 5.01. The Labute approximate surface area is 139 Å². The number of hydrogen-bond donors (Lipinski definition) is 1. The van der Waals surface area contributed by atoms with Crippen LogP contribution in [0.4, 0.5) is 0 Å². The van der Waals surface area contributed by atoms with Crippen LogP contribution in [0.5, 0.6) is 0 Å². The van der Waals surface area contributed by atoms with E-state index in [1.54, 1.807) is 11.8 Å². The molecule has 2 aliphatic rings. The molecule has 0 aromatic heterocycles. The molecule has 1 aliphatic heterocycles. The second-order valence-electron chi connectivity index (χ2n) is 5.95. The molecule has 120 valence electrons. The number of rotatable bonds is 5. The quantitative estimate of drug-likeness (QED) is 0.844. The van der Waals surface area contributed by atoms with Gasteiger partial charge in [0.1, 0.15) is 0 Å². The molecule has 0 unspecified atom stereocenters. The van der Waals surface area contributed by atoms with Gasteiger partial charge in [-0.3, -0.25) is 4.79 Å². The fraction of sp³-hybridized carbons (Fsp3) is 0.533. The zero-order valence-electron chi connectivity index (χ0n) is 12.6. The maximum atomic E-state index is 12.8. The maximum Gasteiger partial charge on any atom is 0.256 e. The summed E-state index contributed by atoms with van der Waals surface area (Å²) in [5, 5.41) is 0. The Morgan fingerprint density at radius 1 is 1.41 bits per heavy atom. The third kappa shape index (κ3) is 2.70.